The summed E-state index contributed by atoms with van der Waals surface area (Å²) in [6.45, 7) is 0.998. The average molecular weight is 376 g/mol. The molecule has 0 atom stereocenters. The first-order valence-corrected chi connectivity index (χ1v) is 7.83. The van der Waals surface area contributed by atoms with Gasteiger partial charge in [0.1, 0.15) is 5.82 Å². The Morgan fingerprint density at radius 2 is 1.96 bits per heavy atom. The molecule has 0 radical (unpaired) electrons. The van der Waals surface area contributed by atoms with Gasteiger partial charge in [-0.1, -0.05) is 18.2 Å². The van der Waals surface area contributed by atoms with Crippen LogP contribution < -0.4 is 10.1 Å². The number of hydrogen-bond acceptors (Lipinski definition) is 6. The summed E-state index contributed by atoms with van der Waals surface area (Å²) in [5.41, 5.74) is 0.657. The van der Waals surface area contributed by atoms with Crippen molar-refractivity contribution in [1.29, 1.82) is 0 Å². The number of benzene rings is 2. The van der Waals surface area contributed by atoms with E-state index in [9.17, 15) is 24.1 Å². The number of nitro groups is 1. The van der Waals surface area contributed by atoms with Gasteiger partial charge in [0.25, 0.3) is 5.91 Å². The highest BCUT2D eigenvalue weighted by Gasteiger charge is 2.19. The fourth-order valence-electron chi connectivity index (χ4n) is 2.29. The molecule has 1 amide bonds. The van der Waals surface area contributed by atoms with Gasteiger partial charge in [0.05, 0.1) is 18.5 Å². The van der Waals surface area contributed by atoms with Crippen molar-refractivity contribution in [2.24, 2.45) is 0 Å². The number of hydrogen-bond donors (Lipinski definition) is 1. The quantitative estimate of drug-likeness (QED) is 0.452. The van der Waals surface area contributed by atoms with Crippen molar-refractivity contribution in [3.63, 3.8) is 0 Å². The molecular formula is C18H17FN2O6. The van der Waals surface area contributed by atoms with Crippen LogP contribution in [0.15, 0.2) is 36.4 Å². The Morgan fingerprint density at radius 3 is 2.59 bits per heavy atom. The van der Waals surface area contributed by atoms with Gasteiger partial charge >= 0.3 is 11.7 Å². The zero-order valence-electron chi connectivity index (χ0n) is 14.7. The standard InChI is InChI=1S/C18H17FN2O6/c1-11-7-15(21(24)25)16(26-2)9-14(11)20-17(22)10-27-18(23)8-12-5-3-4-6-13(12)19/h3-7,9H,8,10H2,1-2H3,(H,20,22). The molecule has 0 saturated heterocycles. The highest BCUT2D eigenvalue weighted by Crippen LogP contribution is 2.32. The number of carbonyl (C=O) groups is 2. The van der Waals surface area contributed by atoms with Crippen molar-refractivity contribution in [3.05, 3.63) is 63.5 Å². The molecule has 142 valence electrons. The third-order valence-corrected chi connectivity index (χ3v) is 3.65. The largest absolute Gasteiger partial charge is 0.490 e. The smallest absolute Gasteiger partial charge is 0.311 e. The number of nitrogens with zero attached hydrogens (tertiary/aromatic N) is 1. The second kappa shape index (κ2) is 8.75. The van der Waals surface area contributed by atoms with Crippen LogP contribution in [-0.4, -0.2) is 30.5 Å². The molecule has 9 heteroatoms. The highest BCUT2D eigenvalue weighted by molar-refractivity contribution is 5.94. The number of carbonyl (C=O) groups excluding carboxylic acids is 2. The van der Waals surface area contributed by atoms with Gasteiger partial charge < -0.3 is 14.8 Å². The van der Waals surface area contributed by atoms with Crippen molar-refractivity contribution < 1.29 is 28.4 Å². The number of amides is 1. The number of nitro benzene ring substituents is 1. The Kier molecular flexibility index (Phi) is 6.42. The van der Waals surface area contributed by atoms with Gasteiger partial charge in [-0.15, -0.1) is 0 Å². The van der Waals surface area contributed by atoms with Crippen LogP contribution in [0.25, 0.3) is 0 Å². The summed E-state index contributed by atoms with van der Waals surface area (Å²) < 4.78 is 23.3. The molecule has 0 fully saturated rings. The summed E-state index contributed by atoms with van der Waals surface area (Å²) in [5.74, 6) is -1.95. The normalized spacial score (nSPS) is 10.2. The van der Waals surface area contributed by atoms with Gasteiger partial charge in [-0.05, 0) is 24.1 Å². The lowest BCUT2D eigenvalue weighted by Gasteiger charge is -2.11. The number of rotatable bonds is 7. The van der Waals surface area contributed by atoms with Gasteiger partial charge in [0, 0.05) is 17.8 Å². The minimum absolute atomic E-state index is 0.0163. The van der Waals surface area contributed by atoms with Gasteiger partial charge in [-0.25, -0.2) is 4.39 Å². The summed E-state index contributed by atoms with van der Waals surface area (Å²) in [7, 11) is 1.27. The van der Waals surface area contributed by atoms with E-state index in [1.807, 2.05) is 0 Å². The third kappa shape index (κ3) is 5.24. The van der Waals surface area contributed by atoms with Crippen LogP contribution in [0, 0.1) is 22.9 Å². The number of halogens is 1. The van der Waals surface area contributed by atoms with Crippen LogP contribution >= 0.6 is 0 Å². The minimum Gasteiger partial charge on any atom is -0.490 e. The fourth-order valence-corrected chi connectivity index (χ4v) is 2.29. The lowest BCUT2D eigenvalue weighted by Crippen LogP contribution is -2.22. The van der Waals surface area contributed by atoms with Crippen LogP contribution in [-0.2, 0) is 20.7 Å². The summed E-state index contributed by atoms with van der Waals surface area (Å²) in [4.78, 5) is 34.1. The molecule has 0 heterocycles. The van der Waals surface area contributed by atoms with E-state index in [0.29, 0.717) is 5.56 Å². The molecule has 2 rings (SSSR count). The van der Waals surface area contributed by atoms with Crippen molar-refractivity contribution >= 4 is 23.3 Å². The number of esters is 1. The van der Waals surface area contributed by atoms with E-state index in [-0.39, 0.29) is 29.1 Å². The van der Waals surface area contributed by atoms with E-state index >= 15 is 0 Å². The molecule has 2 aromatic carbocycles. The molecule has 1 N–H and O–H groups in total. The van der Waals surface area contributed by atoms with E-state index < -0.39 is 29.2 Å². The molecule has 0 saturated carbocycles. The summed E-state index contributed by atoms with van der Waals surface area (Å²) in [6, 6.07) is 8.33. The molecule has 0 unspecified atom stereocenters. The summed E-state index contributed by atoms with van der Waals surface area (Å²) in [6.07, 6.45) is -0.301. The van der Waals surface area contributed by atoms with Crippen LogP contribution in [0.1, 0.15) is 11.1 Å². The predicted molar refractivity (Wildman–Crippen MR) is 94.1 cm³/mol. The molecule has 0 aliphatic carbocycles. The van der Waals surface area contributed by atoms with E-state index in [1.54, 1.807) is 13.0 Å². The van der Waals surface area contributed by atoms with E-state index in [4.69, 9.17) is 9.47 Å². The van der Waals surface area contributed by atoms with Crippen LogP contribution in [0.4, 0.5) is 15.8 Å². The Bertz CT molecular complexity index is 884. The highest BCUT2D eigenvalue weighted by atomic mass is 19.1. The predicted octanol–water partition coefficient (Wildman–Crippen LogP) is 2.78. The van der Waals surface area contributed by atoms with Gasteiger partial charge in [-0.2, -0.15) is 0 Å². The number of ether oxygens (including phenoxy) is 2. The monoisotopic (exact) mass is 376 g/mol. The summed E-state index contributed by atoms with van der Waals surface area (Å²) in [5, 5.41) is 13.5. The second-order valence-electron chi connectivity index (χ2n) is 5.57. The van der Waals surface area contributed by atoms with E-state index in [0.717, 1.165) is 0 Å². The molecule has 8 nitrogen and oxygen atoms in total. The minimum atomic E-state index is -0.756. The lowest BCUT2D eigenvalue weighted by atomic mass is 10.1. The Labute approximate surface area is 154 Å². The van der Waals surface area contributed by atoms with Crippen molar-refractivity contribution in [2.45, 2.75) is 13.3 Å². The number of methoxy groups -OCH3 is 1. The lowest BCUT2D eigenvalue weighted by molar-refractivity contribution is -0.385. The SMILES string of the molecule is COc1cc(NC(=O)COC(=O)Cc2ccccc2F)c(C)cc1[N+](=O)[O-]. The zero-order chi connectivity index (χ0) is 20.0. The molecule has 0 aromatic heterocycles. The van der Waals surface area contributed by atoms with Crippen molar-refractivity contribution in [2.75, 3.05) is 19.0 Å². The molecule has 2 aromatic rings. The van der Waals surface area contributed by atoms with Crippen LogP contribution in [0.3, 0.4) is 0 Å². The van der Waals surface area contributed by atoms with Crippen molar-refractivity contribution in [3.8, 4) is 5.75 Å². The maximum atomic E-state index is 13.5. The fraction of sp³-hybridized carbons (Fsp3) is 0.222. The van der Waals surface area contributed by atoms with E-state index in [2.05, 4.69) is 5.32 Å². The number of aryl methyl sites for hydroxylation is 1. The van der Waals surface area contributed by atoms with Gasteiger partial charge in [0.15, 0.2) is 12.4 Å². The first-order valence-electron chi connectivity index (χ1n) is 7.83. The van der Waals surface area contributed by atoms with Crippen molar-refractivity contribution in [1.82, 2.24) is 0 Å². The third-order valence-electron chi connectivity index (χ3n) is 3.65. The van der Waals surface area contributed by atoms with E-state index in [1.165, 1.54) is 37.4 Å². The topological polar surface area (TPSA) is 108 Å². The summed E-state index contributed by atoms with van der Waals surface area (Å²) >= 11 is 0. The van der Waals surface area contributed by atoms with Crippen LogP contribution in [0.5, 0.6) is 5.75 Å². The van der Waals surface area contributed by atoms with Gasteiger partial charge in [-0.3, -0.25) is 19.7 Å². The first kappa shape index (κ1) is 19.8. The first-order chi connectivity index (χ1) is 12.8. The Hall–Kier alpha value is -3.49. The Balaban J connectivity index is 1.96. The molecule has 0 aliphatic rings. The molecule has 0 bridgehead atoms. The maximum absolute atomic E-state index is 13.5. The van der Waals surface area contributed by atoms with Gasteiger partial charge in [0.2, 0.25) is 0 Å². The molecular weight excluding hydrogens is 359 g/mol. The maximum Gasteiger partial charge on any atom is 0.311 e. The van der Waals surface area contributed by atoms with Crippen LogP contribution in [0.2, 0.25) is 0 Å². The molecule has 0 aliphatic heterocycles. The number of anilines is 1. The number of nitrogens with one attached hydrogen (secondary N) is 1. The second-order valence-corrected chi connectivity index (χ2v) is 5.57. The zero-order valence-corrected chi connectivity index (χ0v) is 14.7. The average Bonchev–Trinajstić information content (AvgIpc) is 2.63. The molecule has 0 spiro atoms. The Morgan fingerprint density at radius 1 is 1.26 bits per heavy atom. The molecule has 27 heavy (non-hydrogen) atoms.